The first-order valence-corrected chi connectivity index (χ1v) is 6.54. The maximum Gasteiger partial charge on any atom is 0.226 e. The molecular weight excluding hydrogens is 222 g/mol. The summed E-state index contributed by atoms with van der Waals surface area (Å²) in [5.41, 5.74) is 6.73. The van der Waals surface area contributed by atoms with Gasteiger partial charge in [0.05, 0.1) is 5.69 Å². The molecule has 3 N–H and O–H groups in total. The highest BCUT2D eigenvalue weighted by Crippen LogP contribution is 2.40. The Balaban J connectivity index is 1.80. The normalized spacial score (nSPS) is 17.1. The van der Waals surface area contributed by atoms with Gasteiger partial charge < -0.3 is 11.1 Å². The van der Waals surface area contributed by atoms with Crippen molar-refractivity contribution in [2.24, 2.45) is 5.73 Å². The van der Waals surface area contributed by atoms with Crippen molar-refractivity contribution in [3.05, 3.63) is 11.1 Å². The van der Waals surface area contributed by atoms with Crippen LogP contribution in [0.3, 0.4) is 0 Å². The lowest BCUT2D eigenvalue weighted by Gasteiger charge is -2.04. The molecule has 1 aliphatic rings. The highest BCUT2D eigenvalue weighted by atomic mass is 32.1. The zero-order valence-electron chi connectivity index (χ0n) is 9.40. The third-order valence-electron chi connectivity index (χ3n) is 2.59. The minimum absolute atomic E-state index is 0.00833. The minimum Gasteiger partial charge on any atom is -0.328 e. The van der Waals surface area contributed by atoms with Crippen molar-refractivity contribution in [2.45, 2.75) is 44.6 Å². The van der Waals surface area contributed by atoms with Gasteiger partial charge in [0, 0.05) is 23.8 Å². The van der Waals surface area contributed by atoms with Gasteiger partial charge in [0.2, 0.25) is 5.91 Å². The first-order chi connectivity index (χ1) is 7.65. The lowest BCUT2D eigenvalue weighted by Crippen LogP contribution is -2.19. The van der Waals surface area contributed by atoms with Crippen LogP contribution < -0.4 is 11.1 Å². The summed E-state index contributed by atoms with van der Waals surface area (Å²) in [7, 11) is 0. The van der Waals surface area contributed by atoms with Gasteiger partial charge in [0.1, 0.15) is 0 Å². The number of nitrogens with zero attached hydrogens (tertiary/aromatic N) is 1. The molecule has 1 fully saturated rings. The number of hydrogen-bond donors (Lipinski definition) is 2. The van der Waals surface area contributed by atoms with Crippen molar-refractivity contribution in [3.8, 4) is 0 Å². The standard InChI is InChI=1S/C11H17N3OS/c1-7(12)2-5-10(15)14-11-13-9(6-16-11)8-3-4-8/h6-8H,2-5,12H2,1H3,(H,13,14,15). The molecule has 1 aromatic rings. The van der Waals surface area contributed by atoms with Crippen LogP contribution in [0.4, 0.5) is 5.13 Å². The summed E-state index contributed by atoms with van der Waals surface area (Å²) in [4.78, 5) is 15.9. The molecule has 1 aliphatic carbocycles. The van der Waals surface area contributed by atoms with Crippen LogP contribution in [0.2, 0.25) is 0 Å². The predicted octanol–water partition coefficient (Wildman–Crippen LogP) is 2.09. The molecule has 1 heterocycles. The zero-order valence-corrected chi connectivity index (χ0v) is 10.2. The Hall–Kier alpha value is -0.940. The maximum absolute atomic E-state index is 11.5. The lowest BCUT2D eigenvalue weighted by molar-refractivity contribution is -0.116. The van der Waals surface area contributed by atoms with Gasteiger partial charge in [-0.25, -0.2) is 4.98 Å². The Morgan fingerprint density at radius 2 is 2.50 bits per heavy atom. The molecule has 1 atom stereocenters. The van der Waals surface area contributed by atoms with Crippen molar-refractivity contribution in [2.75, 3.05) is 5.32 Å². The third kappa shape index (κ3) is 3.28. The number of thiazole rings is 1. The van der Waals surface area contributed by atoms with Gasteiger partial charge in [0.25, 0.3) is 0 Å². The van der Waals surface area contributed by atoms with Gasteiger partial charge in [-0.2, -0.15) is 0 Å². The lowest BCUT2D eigenvalue weighted by atomic mass is 10.2. The number of rotatable bonds is 5. The average Bonchev–Trinajstić information content (AvgIpc) is 2.98. The molecule has 0 aromatic carbocycles. The summed E-state index contributed by atoms with van der Waals surface area (Å²) in [5.74, 6) is 0.653. The summed E-state index contributed by atoms with van der Waals surface area (Å²) in [5, 5.41) is 5.57. The van der Waals surface area contributed by atoms with Crippen LogP contribution in [0.25, 0.3) is 0 Å². The van der Waals surface area contributed by atoms with Gasteiger partial charge in [-0.3, -0.25) is 4.79 Å². The number of aromatic nitrogens is 1. The van der Waals surface area contributed by atoms with Crippen molar-refractivity contribution < 1.29 is 4.79 Å². The van der Waals surface area contributed by atoms with Gasteiger partial charge >= 0.3 is 0 Å². The van der Waals surface area contributed by atoms with E-state index in [4.69, 9.17) is 5.73 Å². The molecule has 0 bridgehead atoms. The summed E-state index contributed by atoms with van der Waals surface area (Å²) >= 11 is 1.51. The van der Waals surface area contributed by atoms with Crippen molar-refractivity contribution >= 4 is 22.4 Å². The largest absolute Gasteiger partial charge is 0.328 e. The first kappa shape index (κ1) is 11.5. The van der Waals surface area contributed by atoms with Crippen molar-refractivity contribution in [1.82, 2.24) is 4.98 Å². The molecule has 1 unspecified atom stereocenters. The van der Waals surface area contributed by atoms with Gasteiger partial charge in [-0.1, -0.05) is 0 Å². The quantitative estimate of drug-likeness (QED) is 0.826. The van der Waals surface area contributed by atoms with Crippen LogP contribution >= 0.6 is 11.3 Å². The maximum atomic E-state index is 11.5. The number of nitrogens with two attached hydrogens (primary N) is 1. The molecule has 16 heavy (non-hydrogen) atoms. The molecule has 5 heteroatoms. The van der Waals surface area contributed by atoms with Crippen LogP contribution in [-0.2, 0) is 4.79 Å². The van der Waals surface area contributed by atoms with E-state index in [2.05, 4.69) is 10.3 Å². The van der Waals surface area contributed by atoms with E-state index >= 15 is 0 Å². The molecule has 0 spiro atoms. The van der Waals surface area contributed by atoms with Gasteiger partial charge in [0.15, 0.2) is 5.13 Å². The molecule has 88 valence electrons. The molecule has 0 radical (unpaired) electrons. The molecule has 1 amide bonds. The Morgan fingerprint density at radius 3 is 3.12 bits per heavy atom. The third-order valence-corrected chi connectivity index (χ3v) is 3.37. The van der Waals surface area contributed by atoms with Crippen LogP contribution in [0, 0.1) is 0 Å². The van der Waals surface area contributed by atoms with E-state index in [1.807, 2.05) is 12.3 Å². The smallest absolute Gasteiger partial charge is 0.226 e. The van der Waals surface area contributed by atoms with Crippen molar-refractivity contribution in [1.29, 1.82) is 0 Å². The number of anilines is 1. The zero-order chi connectivity index (χ0) is 11.5. The molecule has 0 saturated heterocycles. The molecular formula is C11H17N3OS. The fourth-order valence-electron chi connectivity index (χ4n) is 1.45. The number of nitrogens with one attached hydrogen (secondary N) is 1. The van der Waals surface area contributed by atoms with E-state index < -0.39 is 0 Å². The monoisotopic (exact) mass is 239 g/mol. The Bertz CT molecular complexity index is 371. The molecule has 2 rings (SSSR count). The number of carbonyl (C=O) groups excluding carboxylic acids is 1. The number of carbonyl (C=O) groups is 1. The van der Waals surface area contributed by atoms with Crippen LogP contribution in [0.15, 0.2) is 5.38 Å². The first-order valence-electron chi connectivity index (χ1n) is 5.66. The molecule has 1 aromatic heterocycles. The van der Waals surface area contributed by atoms with Gasteiger partial charge in [-0.15, -0.1) is 11.3 Å². The topological polar surface area (TPSA) is 68.0 Å². The van der Waals surface area contributed by atoms with E-state index in [0.29, 0.717) is 18.8 Å². The van der Waals surface area contributed by atoms with E-state index in [-0.39, 0.29) is 11.9 Å². The Labute approximate surface area is 99.3 Å². The fraction of sp³-hybridized carbons (Fsp3) is 0.636. The van der Waals surface area contributed by atoms with E-state index in [9.17, 15) is 4.79 Å². The summed E-state index contributed by atoms with van der Waals surface area (Å²) in [6.07, 6.45) is 3.66. The van der Waals surface area contributed by atoms with Crippen LogP contribution in [0.1, 0.15) is 44.2 Å². The number of hydrogen-bond acceptors (Lipinski definition) is 4. The summed E-state index contributed by atoms with van der Waals surface area (Å²) in [6, 6.07) is 0.0732. The summed E-state index contributed by atoms with van der Waals surface area (Å²) in [6.45, 7) is 1.90. The van der Waals surface area contributed by atoms with E-state index in [1.165, 1.54) is 24.2 Å². The highest BCUT2D eigenvalue weighted by molar-refractivity contribution is 7.13. The minimum atomic E-state index is 0.00833. The average molecular weight is 239 g/mol. The second kappa shape index (κ2) is 4.93. The van der Waals surface area contributed by atoms with Crippen molar-refractivity contribution in [3.63, 3.8) is 0 Å². The molecule has 4 nitrogen and oxygen atoms in total. The Kier molecular flexibility index (Phi) is 3.56. The SMILES string of the molecule is CC(N)CCC(=O)Nc1nc(C2CC2)cs1. The molecule has 0 aliphatic heterocycles. The van der Waals surface area contributed by atoms with Crippen LogP contribution in [0.5, 0.6) is 0 Å². The number of amides is 1. The van der Waals surface area contributed by atoms with E-state index in [1.54, 1.807) is 0 Å². The second-order valence-electron chi connectivity index (χ2n) is 4.42. The Morgan fingerprint density at radius 1 is 1.75 bits per heavy atom. The molecule has 1 saturated carbocycles. The highest BCUT2D eigenvalue weighted by Gasteiger charge is 2.26. The van der Waals surface area contributed by atoms with Crippen LogP contribution in [-0.4, -0.2) is 16.9 Å². The summed E-state index contributed by atoms with van der Waals surface area (Å²) < 4.78 is 0. The fourth-order valence-corrected chi connectivity index (χ4v) is 2.26. The second-order valence-corrected chi connectivity index (χ2v) is 5.27. The van der Waals surface area contributed by atoms with Gasteiger partial charge in [-0.05, 0) is 26.2 Å². The van der Waals surface area contributed by atoms with E-state index in [0.717, 1.165) is 10.8 Å². The predicted molar refractivity (Wildman–Crippen MR) is 65.6 cm³/mol.